The van der Waals surface area contributed by atoms with Gasteiger partial charge in [0.1, 0.15) is 0 Å². The molecule has 4 rings (SSSR count). The van der Waals surface area contributed by atoms with E-state index in [2.05, 4.69) is 17.4 Å². The second-order valence-corrected chi connectivity index (χ2v) is 9.56. The third-order valence-electron chi connectivity index (χ3n) is 7.38. The van der Waals surface area contributed by atoms with Gasteiger partial charge in [0.05, 0.1) is 26.4 Å². The molecule has 2 N–H and O–H groups in total. The Hall–Kier alpha value is -1.93. The van der Waals surface area contributed by atoms with Crippen LogP contribution < -0.4 is 5.32 Å². The Labute approximate surface area is 202 Å². The minimum Gasteiger partial charge on any atom is -0.459 e. The van der Waals surface area contributed by atoms with Gasteiger partial charge in [0.25, 0.3) is 5.91 Å². The summed E-state index contributed by atoms with van der Waals surface area (Å²) in [6, 6.07) is 10.5. The summed E-state index contributed by atoms with van der Waals surface area (Å²) in [4.78, 5) is 13.2. The SMILES string of the molecule is CCO[C@@H]1OC(C(=O)NC2CC3CCC2C3)=C[C@H](c2ccccc2)[C@H]1CCOCCOCCO. The van der Waals surface area contributed by atoms with Crippen LogP contribution in [0.4, 0.5) is 0 Å². The Morgan fingerprint density at radius 2 is 1.88 bits per heavy atom. The molecule has 1 aliphatic heterocycles. The molecule has 1 aromatic carbocycles. The second kappa shape index (κ2) is 12.7. The van der Waals surface area contributed by atoms with Gasteiger partial charge in [0.2, 0.25) is 6.29 Å². The minimum atomic E-state index is -0.518. The monoisotopic (exact) mass is 473 g/mol. The lowest BCUT2D eigenvalue weighted by molar-refractivity contribution is -0.168. The first kappa shape index (κ1) is 25.2. The molecule has 34 heavy (non-hydrogen) atoms. The first-order valence-corrected chi connectivity index (χ1v) is 12.8. The van der Waals surface area contributed by atoms with Gasteiger partial charge >= 0.3 is 0 Å². The Bertz CT molecular complexity index is 800. The predicted molar refractivity (Wildman–Crippen MR) is 128 cm³/mol. The number of benzene rings is 1. The molecular formula is C27H39NO6. The van der Waals surface area contributed by atoms with Crippen LogP contribution in [-0.4, -0.2) is 63.0 Å². The van der Waals surface area contributed by atoms with Crippen LogP contribution in [0.25, 0.3) is 0 Å². The van der Waals surface area contributed by atoms with E-state index < -0.39 is 6.29 Å². The molecule has 6 atom stereocenters. The maximum atomic E-state index is 13.2. The maximum absolute atomic E-state index is 13.2. The van der Waals surface area contributed by atoms with Crippen LogP contribution in [0.2, 0.25) is 0 Å². The molecule has 188 valence electrons. The number of aliphatic hydroxyl groups is 1. The largest absolute Gasteiger partial charge is 0.459 e. The van der Waals surface area contributed by atoms with E-state index in [9.17, 15) is 4.79 Å². The molecule has 1 amide bonds. The highest BCUT2D eigenvalue weighted by atomic mass is 16.7. The van der Waals surface area contributed by atoms with Gasteiger partial charge in [-0.15, -0.1) is 0 Å². The van der Waals surface area contributed by atoms with Gasteiger partial charge in [0, 0.05) is 31.1 Å². The topological polar surface area (TPSA) is 86.3 Å². The Balaban J connectivity index is 1.44. The molecule has 1 aromatic rings. The summed E-state index contributed by atoms with van der Waals surface area (Å²) in [5, 5.41) is 12.1. The molecule has 2 bridgehead atoms. The number of rotatable bonds is 13. The molecule has 3 unspecified atom stereocenters. The molecule has 1 heterocycles. The predicted octanol–water partition coefficient (Wildman–Crippen LogP) is 3.38. The van der Waals surface area contributed by atoms with E-state index in [1.807, 2.05) is 31.2 Å². The highest BCUT2D eigenvalue weighted by Gasteiger charge is 2.42. The van der Waals surface area contributed by atoms with Gasteiger partial charge in [0.15, 0.2) is 5.76 Å². The summed E-state index contributed by atoms with van der Waals surface area (Å²) in [6.07, 6.45) is 7.03. The smallest absolute Gasteiger partial charge is 0.286 e. The average Bonchev–Trinajstić information content (AvgIpc) is 3.48. The molecule has 7 nitrogen and oxygen atoms in total. The van der Waals surface area contributed by atoms with Crippen molar-refractivity contribution in [2.45, 2.75) is 57.3 Å². The molecule has 0 spiro atoms. The number of hydrogen-bond acceptors (Lipinski definition) is 6. The van der Waals surface area contributed by atoms with Crippen LogP contribution in [0.15, 0.2) is 42.2 Å². The number of carbonyl (C=O) groups is 1. The van der Waals surface area contributed by atoms with E-state index in [0.29, 0.717) is 44.7 Å². The van der Waals surface area contributed by atoms with Gasteiger partial charge in [-0.25, -0.2) is 0 Å². The molecule has 0 aromatic heterocycles. The van der Waals surface area contributed by atoms with Crippen molar-refractivity contribution in [3.05, 3.63) is 47.7 Å². The summed E-state index contributed by atoms with van der Waals surface area (Å²) in [7, 11) is 0. The third kappa shape index (κ3) is 6.39. The number of aliphatic hydroxyl groups excluding tert-OH is 1. The molecule has 2 fully saturated rings. The fourth-order valence-corrected chi connectivity index (χ4v) is 5.76. The summed E-state index contributed by atoms with van der Waals surface area (Å²) < 4.78 is 23.2. The van der Waals surface area contributed by atoms with Crippen LogP contribution >= 0.6 is 0 Å². The fourth-order valence-electron chi connectivity index (χ4n) is 5.76. The van der Waals surface area contributed by atoms with E-state index in [-0.39, 0.29) is 30.4 Å². The van der Waals surface area contributed by atoms with Gasteiger partial charge < -0.3 is 29.4 Å². The molecule has 7 heteroatoms. The lowest BCUT2D eigenvalue weighted by atomic mass is 9.81. The van der Waals surface area contributed by atoms with E-state index in [4.69, 9.17) is 24.1 Å². The van der Waals surface area contributed by atoms with Gasteiger partial charge in [-0.1, -0.05) is 36.8 Å². The summed E-state index contributed by atoms with van der Waals surface area (Å²) in [6.45, 7) is 4.23. The number of allylic oxidation sites excluding steroid dienone is 1. The van der Waals surface area contributed by atoms with Crippen molar-refractivity contribution >= 4 is 5.91 Å². The third-order valence-corrected chi connectivity index (χ3v) is 7.38. The summed E-state index contributed by atoms with van der Waals surface area (Å²) >= 11 is 0. The van der Waals surface area contributed by atoms with E-state index >= 15 is 0 Å². The van der Waals surface area contributed by atoms with Crippen molar-refractivity contribution in [1.82, 2.24) is 5.32 Å². The summed E-state index contributed by atoms with van der Waals surface area (Å²) in [5.74, 6) is 1.62. The van der Waals surface area contributed by atoms with Crippen molar-refractivity contribution in [3.8, 4) is 0 Å². The number of fused-ring (bicyclic) bond motifs is 2. The van der Waals surface area contributed by atoms with Crippen LogP contribution in [0, 0.1) is 17.8 Å². The zero-order chi connectivity index (χ0) is 23.8. The van der Waals surface area contributed by atoms with Crippen LogP contribution in [0.1, 0.15) is 50.5 Å². The van der Waals surface area contributed by atoms with Crippen molar-refractivity contribution in [3.63, 3.8) is 0 Å². The highest BCUT2D eigenvalue weighted by molar-refractivity contribution is 5.92. The first-order valence-electron chi connectivity index (χ1n) is 12.8. The molecule has 0 radical (unpaired) electrons. The first-order chi connectivity index (χ1) is 16.7. The number of nitrogens with one attached hydrogen (secondary N) is 1. The Morgan fingerprint density at radius 3 is 2.56 bits per heavy atom. The molecule has 2 saturated carbocycles. The lowest BCUT2D eigenvalue weighted by Gasteiger charge is -2.37. The zero-order valence-electron chi connectivity index (χ0n) is 20.2. The van der Waals surface area contributed by atoms with Crippen molar-refractivity contribution < 1.29 is 28.8 Å². The molecule has 0 saturated heterocycles. The van der Waals surface area contributed by atoms with Gasteiger partial charge in [-0.3, -0.25) is 4.79 Å². The fraction of sp³-hybridized carbons (Fsp3) is 0.667. The average molecular weight is 474 g/mol. The van der Waals surface area contributed by atoms with Crippen LogP contribution in [0.3, 0.4) is 0 Å². The standard InChI is InChI=1S/C27H39NO6/c1-2-33-27-22(10-12-31-14-15-32-13-11-29)23(20-6-4-3-5-7-20)18-25(34-27)26(30)28-24-17-19-8-9-21(24)16-19/h3-7,18-19,21-24,27,29H,2,8-17H2,1H3,(H,28,30)/t19?,21?,22-,23-,24?,27-/m1/s1. The number of carbonyl (C=O) groups excluding carboxylic acids is 1. The normalized spacial score (nSPS) is 30.1. The van der Waals surface area contributed by atoms with Crippen LogP contribution in [0.5, 0.6) is 0 Å². The van der Waals surface area contributed by atoms with E-state index in [1.165, 1.54) is 19.3 Å². The van der Waals surface area contributed by atoms with Crippen molar-refractivity contribution in [1.29, 1.82) is 0 Å². The summed E-state index contributed by atoms with van der Waals surface area (Å²) in [5.41, 5.74) is 1.14. The van der Waals surface area contributed by atoms with Gasteiger partial charge in [-0.2, -0.15) is 0 Å². The number of hydrogen-bond donors (Lipinski definition) is 2. The quantitative estimate of drug-likeness (QED) is 0.427. The number of ether oxygens (including phenoxy) is 4. The highest BCUT2D eigenvalue weighted by Crippen LogP contribution is 2.45. The van der Waals surface area contributed by atoms with Crippen molar-refractivity contribution in [2.75, 3.05) is 39.6 Å². The van der Waals surface area contributed by atoms with Crippen molar-refractivity contribution in [2.24, 2.45) is 17.8 Å². The second-order valence-electron chi connectivity index (χ2n) is 9.56. The molecular weight excluding hydrogens is 434 g/mol. The van der Waals surface area contributed by atoms with E-state index in [0.717, 1.165) is 24.3 Å². The van der Waals surface area contributed by atoms with Crippen LogP contribution in [-0.2, 0) is 23.7 Å². The Kier molecular flexibility index (Phi) is 9.39. The van der Waals surface area contributed by atoms with E-state index in [1.54, 1.807) is 0 Å². The maximum Gasteiger partial charge on any atom is 0.286 e. The molecule has 2 aliphatic carbocycles. The minimum absolute atomic E-state index is 0.0123. The molecule has 3 aliphatic rings. The zero-order valence-corrected chi connectivity index (χ0v) is 20.2. The lowest BCUT2D eigenvalue weighted by Crippen LogP contribution is -2.43. The van der Waals surface area contributed by atoms with Gasteiger partial charge in [-0.05, 0) is 56.1 Å². The Morgan fingerprint density at radius 1 is 1.09 bits per heavy atom. The number of amides is 1.